The van der Waals surface area contributed by atoms with Crippen LogP contribution in [0.1, 0.15) is 5.56 Å². The molecule has 3 aromatic rings. The highest BCUT2D eigenvalue weighted by Crippen LogP contribution is 2.28. The monoisotopic (exact) mass is 463 g/mol. The molecule has 0 bridgehead atoms. The van der Waals surface area contributed by atoms with Crippen LogP contribution in [0.5, 0.6) is 0 Å². The molecule has 1 aromatic heterocycles. The quantitative estimate of drug-likeness (QED) is 0.531. The number of aromatic nitrogens is 1. The van der Waals surface area contributed by atoms with Gasteiger partial charge in [0.25, 0.3) is 0 Å². The maximum absolute atomic E-state index is 12.3. The number of hydrogen-bond donors (Lipinski definition) is 0. The van der Waals surface area contributed by atoms with Crippen molar-refractivity contribution >= 4 is 32.5 Å². The van der Waals surface area contributed by atoms with E-state index in [0.717, 1.165) is 43.7 Å². The van der Waals surface area contributed by atoms with Gasteiger partial charge in [0, 0.05) is 44.3 Å². The highest BCUT2D eigenvalue weighted by atomic mass is 35.5. The van der Waals surface area contributed by atoms with Crippen LogP contribution in [-0.4, -0.2) is 61.2 Å². The summed E-state index contributed by atoms with van der Waals surface area (Å²) in [6.45, 7) is 8.57. The summed E-state index contributed by atoms with van der Waals surface area (Å²) in [6, 6.07) is 13.8. The zero-order chi connectivity index (χ0) is 22.4. The minimum atomic E-state index is -3.46. The molecule has 0 atom stereocenters. The summed E-state index contributed by atoms with van der Waals surface area (Å²) in [5.41, 5.74) is 1.76. The van der Waals surface area contributed by atoms with E-state index in [-0.39, 0.29) is 11.6 Å². The Morgan fingerprint density at radius 2 is 1.77 bits per heavy atom. The lowest BCUT2D eigenvalue weighted by Gasteiger charge is -2.32. The number of likely N-dealkylation sites (N-methyl/N-ethyl adjacent to an activating group) is 1. The summed E-state index contributed by atoms with van der Waals surface area (Å²) >= 11 is 6.29. The van der Waals surface area contributed by atoms with Crippen molar-refractivity contribution < 1.29 is 12.8 Å². The molecule has 0 radical (unpaired) electrons. The summed E-state index contributed by atoms with van der Waals surface area (Å²) in [4.78, 5) is 4.72. The number of nitrogens with zero attached hydrogens (tertiary/aromatic N) is 3. The largest absolute Gasteiger partial charge is 0.304 e. The molecule has 1 fully saturated rings. The lowest BCUT2D eigenvalue weighted by molar-refractivity contribution is 0.148. The van der Waals surface area contributed by atoms with Crippen molar-refractivity contribution in [2.75, 3.05) is 39.0 Å². The van der Waals surface area contributed by atoms with Crippen molar-refractivity contribution in [3.63, 3.8) is 0 Å². The Hall–Kier alpha value is -2.19. The molecule has 0 saturated carbocycles. The van der Waals surface area contributed by atoms with Crippen LogP contribution in [0, 0.1) is 5.82 Å². The van der Waals surface area contributed by atoms with Gasteiger partial charge < -0.3 is 4.90 Å². The molecule has 0 aliphatic carbocycles. The molecule has 2 heterocycles. The number of halogens is 2. The molecule has 1 saturated heterocycles. The van der Waals surface area contributed by atoms with Gasteiger partial charge in [-0.25, -0.2) is 16.8 Å². The number of rotatable bonds is 5. The van der Waals surface area contributed by atoms with Gasteiger partial charge in [-0.15, -0.1) is 6.58 Å². The Bertz CT molecular complexity index is 1120. The lowest BCUT2D eigenvalue weighted by Crippen LogP contribution is -2.43. The molecule has 1 aliphatic heterocycles. The van der Waals surface area contributed by atoms with Gasteiger partial charge in [0.05, 0.1) is 16.3 Å². The Balaban J connectivity index is 0.000000330. The molecule has 0 spiro atoms. The summed E-state index contributed by atoms with van der Waals surface area (Å²) < 4.78 is 37.8. The minimum Gasteiger partial charge on any atom is -0.304 e. The van der Waals surface area contributed by atoms with Crippen LogP contribution in [0.4, 0.5) is 4.39 Å². The Morgan fingerprint density at radius 1 is 1.10 bits per heavy atom. The first kappa shape index (κ1) is 23.5. The molecule has 2 aromatic carbocycles. The third-order valence-electron chi connectivity index (χ3n) is 5.15. The second-order valence-corrected chi connectivity index (χ2v) is 9.86. The average Bonchev–Trinajstić information content (AvgIpc) is 3.08. The van der Waals surface area contributed by atoms with Crippen molar-refractivity contribution in [3.8, 4) is 0 Å². The Morgan fingerprint density at radius 3 is 2.35 bits per heavy atom. The number of hydrogen-bond acceptors (Lipinski definition) is 4. The molecule has 1 aliphatic rings. The normalized spacial score (nSPS) is 15.5. The van der Waals surface area contributed by atoms with Crippen LogP contribution in [0.2, 0.25) is 5.02 Å². The minimum absolute atomic E-state index is 0.115. The van der Waals surface area contributed by atoms with Gasteiger partial charge in [0.15, 0.2) is 0 Å². The van der Waals surface area contributed by atoms with Crippen LogP contribution in [0.3, 0.4) is 0 Å². The highest BCUT2D eigenvalue weighted by Gasteiger charge is 2.18. The number of piperazine rings is 1. The van der Waals surface area contributed by atoms with E-state index < -0.39 is 10.0 Å². The Labute approximate surface area is 188 Å². The smallest absolute Gasteiger partial charge is 0.242 e. The van der Waals surface area contributed by atoms with Gasteiger partial charge in [0.2, 0.25) is 10.0 Å². The highest BCUT2D eigenvalue weighted by molar-refractivity contribution is 7.90. The SMILES string of the molecule is C=CCS(=O)(=O)n1cc(Cl)c2cc(CN3CCN(C)CC3)ccc21.Fc1ccccc1. The third kappa shape index (κ3) is 6.17. The standard InChI is InChI=1S/C17H22ClN3O2S.C6H5F/c1-3-10-24(22,23)21-13-16(18)15-11-14(4-5-17(15)21)12-20-8-6-19(2)7-9-20;7-6-4-2-1-3-5-6/h3-5,11,13H,1,6-10,12H2,2H3;1-5H. The molecule has 0 unspecified atom stereocenters. The molecule has 166 valence electrons. The van der Waals surface area contributed by atoms with Crippen molar-refractivity contribution in [2.45, 2.75) is 6.54 Å². The molecular weight excluding hydrogens is 437 g/mol. The van der Waals surface area contributed by atoms with Crippen molar-refractivity contribution in [3.05, 3.63) is 83.8 Å². The number of fused-ring (bicyclic) bond motifs is 1. The molecule has 5 nitrogen and oxygen atoms in total. The molecule has 8 heteroatoms. The van der Waals surface area contributed by atoms with Crippen molar-refractivity contribution in [2.24, 2.45) is 0 Å². The van der Waals surface area contributed by atoms with E-state index >= 15 is 0 Å². The molecule has 31 heavy (non-hydrogen) atoms. The van der Waals surface area contributed by atoms with Crippen LogP contribution < -0.4 is 0 Å². The van der Waals surface area contributed by atoms with Gasteiger partial charge in [-0.2, -0.15) is 0 Å². The zero-order valence-electron chi connectivity index (χ0n) is 17.5. The van der Waals surface area contributed by atoms with E-state index in [1.807, 2.05) is 18.2 Å². The first-order chi connectivity index (χ1) is 14.8. The topological polar surface area (TPSA) is 45.6 Å². The zero-order valence-corrected chi connectivity index (χ0v) is 19.1. The van der Waals surface area contributed by atoms with Gasteiger partial charge in [-0.1, -0.05) is 41.9 Å². The van der Waals surface area contributed by atoms with Gasteiger partial charge in [-0.05, 0) is 36.9 Å². The van der Waals surface area contributed by atoms with Crippen molar-refractivity contribution in [1.82, 2.24) is 13.8 Å². The van der Waals surface area contributed by atoms with Crippen LogP contribution in [0.15, 0.2) is 67.4 Å². The van der Waals surface area contributed by atoms with Crippen LogP contribution in [0.25, 0.3) is 10.9 Å². The van der Waals surface area contributed by atoms with Gasteiger partial charge in [0.1, 0.15) is 5.82 Å². The molecular formula is C23H27ClFN3O2S. The maximum atomic E-state index is 12.3. The fourth-order valence-corrected chi connectivity index (χ4v) is 4.94. The van der Waals surface area contributed by atoms with Gasteiger partial charge >= 0.3 is 0 Å². The average molecular weight is 464 g/mol. The summed E-state index contributed by atoms with van der Waals surface area (Å²) in [6.07, 6.45) is 2.86. The second-order valence-electron chi connectivity index (χ2n) is 7.57. The van der Waals surface area contributed by atoms with E-state index in [2.05, 4.69) is 23.4 Å². The first-order valence-corrected chi connectivity index (χ1v) is 12.0. The summed E-state index contributed by atoms with van der Waals surface area (Å²) in [7, 11) is -1.33. The fraction of sp³-hybridized carbons (Fsp3) is 0.304. The predicted octanol–water partition coefficient (Wildman–Crippen LogP) is 4.23. The van der Waals surface area contributed by atoms with E-state index in [1.54, 1.807) is 18.2 Å². The Kier molecular flexibility index (Phi) is 7.89. The lowest BCUT2D eigenvalue weighted by atomic mass is 10.1. The van der Waals surface area contributed by atoms with E-state index in [4.69, 9.17) is 11.6 Å². The van der Waals surface area contributed by atoms with Crippen LogP contribution in [-0.2, 0) is 16.6 Å². The first-order valence-electron chi connectivity index (χ1n) is 10.1. The van der Waals surface area contributed by atoms with Gasteiger partial charge in [-0.3, -0.25) is 4.90 Å². The molecule has 4 rings (SSSR count). The second kappa shape index (κ2) is 10.4. The predicted molar refractivity (Wildman–Crippen MR) is 126 cm³/mol. The molecule has 0 amide bonds. The summed E-state index contributed by atoms with van der Waals surface area (Å²) in [5.74, 6) is -0.293. The number of benzene rings is 2. The fourth-order valence-electron chi connectivity index (χ4n) is 3.45. The van der Waals surface area contributed by atoms with Crippen molar-refractivity contribution in [1.29, 1.82) is 0 Å². The van der Waals surface area contributed by atoms with E-state index in [0.29, 0.717) is 10.5 Å². The molecule has 0 N–H and O–H groups in total. The third-order valence-corrected chi connectivity index (χ3v) is 7.01. The van der Waals surface area contributed by atoms with E-state index in [1.165, 1.54) is 28.4 Å². The maximum Gasteiger partial charge on any atom is 0.242 e. The summed E-state index contributed by atoms with van der Waals surface area (Å²) in [5, 5.41) is 1.23. The van der Waals surface area contributed by atoms with Crippen LogP contribution >= 0.6 is 11.6 Å². The van der Waals surface area contributed by atoms with E-state index in [9.17, 15) is 12.8 Å².